The van der Waals surface area contributed by atoms with Crippen LogP contribution in [0.1, 0.15) is 25.3 Å². The van der Waals surface area contributed by atoms with Crippen LogP contribution in [0.15, 0.2) is 30.3 Å². The molecule has 1 fully saturated rings. The van der Waals surface area contributed by atoms with Crippen LogP contribution in [-0.2, 0) is 4.79 Å². The summed E-state index contributed by atoms with van der Waals surface area (Å²) in [6.45, 7) is 2.89. The van der Waals surface area contributed by atoms with Gasteiger partial charge in [-0.05, 0) is 43.5 Å². The molecule has 0 radical (unpaired) electrons. The predicted octanol–water partition coefficient (Wildman–Crippen LogP) is 2.08. The molecule has 1 aliphatic heterocycles. The molecule has 0 spiro atoms. The van der Waals surface area contributed by atoms with Crippen molar-refractivity contribution in [3.8, 4) is 5.75 Å². The molecule has 4 heteroatoms. The summed E-state index contributed by atoms with van der Waals surface area (Å²) in [7, 11) is 1.62. The molecule has 1 unspecified atom stereocenters. The molecule has 1 saturated heterocycles. The molecular formula is C16H21NO3. The van der Waals surface area contributed by atoms with Crippen LogP contribution in [0, 0.1) is 0 Å². The minimum absolute atomic E-state index is 0.0548. The third kappa shape index (κ3) is 3.84. The second-order valence-corrected chi connectivity index (χ2v) is 5.47. The number of methoxy groups -OCH3 is 1. The maximum absolute atomic E-state index is 12.1. The number of benzene rings is 1. The van der Waals surface area contributed by atoms with Crippen molar-refractivity contribution in [2.75, 3.05) is 20.2 Å². The molecule has 1 amide bonds. The van der Waals surface area contributed by atoms with E-state index >= 15 is 0 Å². The summed E-state index contributed by atoms with van der Waals surface area (Å²) in [6, 6.07) is 7.51. The highest BCUT2D eigenvalue weighted by Crippen LogP contribution is 2.20. The van der Waals surface area contributed by atoms with Crippen molar-refractivity contribution >= 4 is 12.0 Å². The quantitative estimate of drug-likeness (QED) is 0.859. The van der Waals surface area contributed by atoms with Gasteiger partial charge >= 0.3 is 0 Å². The average Bonchev–Trinajstić information content (AvgIpc) is 2.44. The fraction of sp³-hybridized carbons (Fsp3) is 0.438. The number of nitrogens with zero attached hydrogens (tertiary/aromatic N) is 1. The van der Waals surface area contributed by atoms with Gasteiger partial charge in [0.05, 0.1) is 12.7 Å². The number of hydrogen-bond donors (Lipinski definition) is 1. The van der Waals surface area contributed by atoms with Crippen LogP contribution >= 0.6 is 0 Å². The molecule has 108 valence electrons. The van der Waals surface area contributed by atoms with Crippen LogP contribution < -0.4 is 4.74 Å². The first kappa shape index (κ1) is 14.6. The molecule has 1 atom stereocenters. The van der Waals surface area contributed by atoms with Crippen LogP contribution in [-0.4, -0.2) is 41.7 Å². The predicted molar refractivity (Wildman–Crippen MR) is 78.5 cm³/mol. The van der Waals surface area contributed by atoms with Gasteiger partial charge < -0.3 is 14.7 Å². The molecule has 2 rings (SSSR count). The Labute approximate surface area is 119 Å². The van der Waals surface area contributed by atoms with Crippen molar-refractivity contribution in [1.29, 1.82) is 0 Å². The van der Waals surface area contributed by atoms with Gasteiger partial charge in [0.15, 0.2) is 0 Å². The SMILES string of the molecule is COc1ccc(/C=C/C(=O)N2CCCC(C)(O)C2)cc1. The van der Waals surface area contributed by atoms with Crippen LogP contribution in [0.25, 0.3) is 6.08 Å². The topological polar surface area (TPSA) is 49.8 Å². The third-order valence-corrected chi connectivity index (χ3v) is 3.52. The van der Waals surface area contributed by atoms with Gasteiger partial charge in [0, 0.05) is 19.2 Å². The molecule has 1 heterocycles. The van der Waals surface area contributed by atoms with Crippen molar-refractivity contribution in [1.82, 2.24) is 4.90 Å². The molecule has 0 aliphatic carbocycles. The highest BCUT2D eigenvalue weighted by Gasteiger charge is 2.29. The summed E-state index contributed by atoms with van der Waals surface area (Å²) in [5, 5.41) is 10.0. The van der Waals surface area contributed by atoms with E-state index in [1.165, 1.54) is 0 Å². The first-order valence-electron chi connectivity index (χ1n) is 6.84. The molecule has 1 N–H and O–H groups in total. The monoisotopic (exact) mass is 275 g/mol. The van der Waals surface area contributed by atoms with Crippen LogP contribution in [0.4, 0.5) is 0 Å². The van der Waals surface area contributed by atoms with Gasteiger partial charge in [-0.1, -0.05) is 12.1 Å². The van der Waals surface area contributed by atoms with E-state index in [1.54, 1.807) is 31.1 Å². The van der Waals surface area contributed by atoms with Crippen molar-refractivity contribution in [3.63, 3.8) is 0 Å². The van der Waals surface area contributed by atoms with E-state index in [1.807, 2.05) is 24.3 Å². The number of aliphatic hydroxyl groups is 1. The maximum Gasteiger partial charge on any atom is 0.246 e. The summed E-state index contributed by atoms with van der Waals surface area (Å²) in [5.74, 6) is 0.737. The molecule has 4 nitrogen and oxygen atoms in total. The fourth-order valence-electron chi connectivity index (χ4n) is 2.40. The minimum Gasteiger partial charge on any atom is -0.497 e. The second kappa shape index (κ2) is 6.09. The molecule has 0 saturated carbocycles. The van der Waals surface area contributed by atoms with E-state index < -0.39 is 5.60 Å². The standard InChI is InChI=1S/C16H21NO3/c1-16(19)10-3-11-17(12-16)15(18)9-6-13-4-7-14(20-2)8-5-13/h4-9,19H,3,10-12H2,1-2H3/b9-6+. The van der Waals surface area contributed by atoms with Crippen molar-refractivity contribution in [2.45, 2.75) is 25.4 Å². The number of β-amino-alcohol motifs (C(OH)–C–C–N with tert-alkyl or cyclic N) is 1. The second-order valence-electron chi connectivity index (χ2n) is 5.47. The largest absolute Gasteiger partial charge is 0.497 e. The average molecular weight is 275 g/mol. The highest BCUT2D eigenvalue weighted by atomic mass is 16.5. The molecule has 1 aromatic carbocycles. The van der Waals surface area contributed by atoms with Crippen molar-refractivity contribution in [2.24, 2.45) is 0 Å². The Balaban J connectivity index is 1.97. The molecule has 20 heavy (non-hydrogen) atoms. The van der Waals surface area contributed by atoms with E-state index in [2.05, 4.69) is 0 Å². The lowest BCUT2D eigenvalue weighted by Crippen LogP contribution is -2.48. The van der Waals surface area contributed by atoms with E-state index in [4.69, 9.17) is 4.74 Å². The zero-order chi connectivity index (χ0) is 14.6. The van der Waals surface area contributed by atoms with Gasteiger partial charge in [0.2, 0.25) is 5.91 Å². The zero-order valence-electron chi connectivity index (χ0n) is 12.0. The minimum atomic E-state index is -0.762. The molecule has 0 bridgehead atoms. The number of carbonyl (C=O) groups excluding carboxylic acids is 1. The van der Waals surface area contributed by atoms with Gasteiger partial charge in [-0.3, -0.25) is 4.79 Å². The Kier molecular flexibility index (Phi) is 4.45. The number of amides is 1. The van der Waals surface area contributed by atoms with E-state index in [0.29, 0.717) is 13.1 Å². The van der Waals surface area contributed by atoms with E-state index in [9.17, 15) is 9.90 Å². The molecule has 0 aromatic heterocycles. The molecular weight excluding hydrogens is 254 g/mol. The Morgan fingerprint density at radius 3 is 2.70 bits per heavy atom. The lowest BCUT2D eigenvalue weighted by molar-refractivity contribution is -0.132. The maximum atomic E-state index is 12.1. The van der Waals surface area contributed by atoms with Gasteiger partial charge in [0.25, 0.3) is 0 Å². The zero-order valence-corrected chi connectivity index (χ0v) is 12.0. The number of rotatable bonds is 3. The van der Waals surface area contributed by atoms with Gasteiger partial charge in [0.1, 0.15) is 5.75 Å². The van der Waals surface area contributed by atoms with Crippen molar-refractivity contribution < 1.29 is 14.6 Å². The lowest BCUT2D eigenvalue weighted by Gasteiger charge is -2.36. The first-order chi connectivity index (χ1) is 9.50. The van der Waals surface area contributed by atoms with Crippen LogP contribution in [0.3, 0.4) is 0 Å². The summed E-state index contributed by atoms with van der Waals surface area (Å²) in [4.78, 5) is 13.8. The number of likely N-dealkylation sites (tertiary alicyclic amines) is 1. The highest BCUT2D eigenvalue weighted by molar-refractivity contribution is 5.91. The smallest absolute Gasteiger partial charge is 0.246 e. The van der Waals surface area contributed by atoms with Crippen LogP contribution in [0.5, 0.6) is 5.75 Å². The summed E-state index contributed by atoms with van der Waals surface area (Å²) in [5.41, 5.74) is 0.185. The first-order valence-corrected chi connectivity index (χ1v) is 6.84. The Hall–Kier alpha value is -1.81. The Morgan fingerprint density at radius 2 is 2.10 bits per heavy atom. The Bertz CT molecular complexity index is 491. The van der Waals surface area contributed by atoms with E-state index in [-0.39, 0.29) is 5.91 Å². The third-order valence-electron chi connectivity index (χ3n) is 3.52. The van der Waals surface area contributed by atoms with Gasteiger partial charge in [-0.15, -0.1) is 0 Å². The van der Waals surface area contributed by atoms with Gasteiger partial charge in [-0.25, -0.2) is 0 Å². The molecule has 1 aromatic rings. The summed E-state index contributed by atoms with van der Waals surface area (Å²) in [6.07, 6.45) is 4.93. The summed E-state index contributed by atoms with van der Waals surface area (Å²) >= 11 is 0. The lowest BCUT2D eigenvalue weighted by atomic mass is 9.95. The fourth-order valence-corrected chi connectivity index (χ4v) is 2.40. The number of hydrogen-bond acceptors (Lipinski definition) is 3. The van der Waals surface area contributed by atoms with Gasteiger partial charge in [-0.2, -0.15) is 0 Å². The number of piperidine rings is 1. The number of ether oxygens (including phenoxy) is 1. The molecule has 1 aliphatic rings. The normalized spacial score (nSPS) is 23.1. The summed E-state index contributed by atoms with van der Waals surface area (Å²) < 4.78 is 5.09. The number of carbonyl (C=O) groups is 1. The van der Waals surface area contributed by atoms with Crippen LogP contribution in [0.2, 0.25) is 0 Å². The Morgan fingerprint density at radius 1 is 1.40 bits per heavy atom. The van der Waals surface area contributed by atoms with Crippen molar-refractivity contribution in [3.05, 3.63) is 35.9 Å². The van der Waals surface area contributed by atoms with E-state index in [0.717, 1.165) is 24.2 Å².